The summed E-state index contributed by atoms with van der Waals surface area (Å²) in [6, 6.07) is 0. The fourth-order valence-corrected chi connectivity index (χ4v) is 3.31. The minimum absolute atomic E-state index is 0.0261. The zero-order chi connectivity index (χ0) is 16.0. The van der Waals surface area contributed by atoms with Crippen molar-refractivity contribution in [3.8, 4) is 0 Å². The molecule has 1 aliphatic rings. The second-order valence-electron chi connectivity index (χ2n) is 5.30. The van der Waals surface area contributed by atoms with Crippen molar-refractivity contribution in [1.82, 2.24) is 23.9 Å². The Morgan fingerprint density at radius 1 is 1.35 bits per heavy atom. The average Bonchev–Trinajstić information content (AvgIpc) is 3.21. The summed E-state index contributed by atoms with van der Waals surface area (Å²) in [5, 5.41) is 0. The third kappa shape index (κ3) is 2.88. The zero-order valence-corrected chi connectivity index (χ0v) is 13.7. The van der Waals surface area contributed by atoms with Crippen molar-refractivity contribution in [1.29, 1.82) is 0 Å². The van der Waals surface area contributed by atoms with Gasteiger partial charge in [0, 0.05) is 12.4 Å². The van der Waals surface area contributed by atoms with Crippen LogP contribution in [-0.4, -0.2) is 41.5 Å². The maximum atomic E-state index is 11.1. The van der Waals surface area contributed by atoms with Crippen molar-refractivity contribution in [2.45, 2.75) is 25.2 Å². The van der Waals surface area contributed by atoms with Crippen molar-refractivity contribution in [3.63, 3.8) is 0 Å². The Bertz CT molecular complexity index is 905. The molecule has 0 spiro atoms. The maximum absolute atomic E-state index is 11.1. The summed E-state index contributed by atoms with van der Waals surface area (Å²) >= 11 is 3.48. The number of nitrogens with zero attached hydrogens (tertiary/aromatic N) is 5. The Morgan fingerprint density at radius 2 is 2.22 bits per heavy atom. The first kappa shape index (κ1) is 15.1. The monoisotopic (exact) mass is 355 g/mol. The van der Waals surface area contributed by atoms with E-state index < -0.39 is 6.80 Å². The van der Waals surface area contributed by atoms with Gasteiger partial charge in [0.25, 0.3) is 0 Å². The van der Waals surface area contributed by atoms with Crippen LogP contribution in [-0.2, 0) is 13.8 Å². The van der Waals surface area contributed by atoms with Gasteiger partial charge in [-0.3, -0.25) is 13.5 Å². The van der Waals surface area contributed by atoms with Gasteiger partial charge in [0.1, 0.15) is 12.6 Å². The van der Waals surface area contributed by atoms with Crippen molar-refractivity contribution in [2.24, 2.45) is 0 Å². The van der Waals surface area contributed by atoms with Gasteiger partial charge in [0.05, 0.1) is 19.0 Å². The number of ether oxygens (including phenoxy) is 1. The number of hydrogen-bond donors (Lipinski definition) is 2. The van der Waals surface area contributed by atoms with Crippen LogP contribution in [0.1, 0.15) is 19.1 Å². The summed E-state index contributed by atoms with van der Waals surface area (Å²) < 4.78 is 25.4. The van der Waals surface area contributed by atoms with E-state index in [0.29, 0.717) is 17.6 Å². The minimum Gasteiger partial charge on any atom is -0.352 e. The van der Waals surface area contributed by atoms with Gasteiger partial charge < -0.3 is 9.63 Å². The molecule has 3 atom stereocenters. The number of rotatable bonds is 4. The largest absolute Gasteiger partial charge is 0.383 e. The summed E-state index contributed by atoms with van der Waals surface area (Å²) in [6.45, 7) is -3.76. The van der Waals surface area contributed by atoms with Crippen LogP contribution in [0.25, 0.3) is 16.8 Å². The van der Waals surface area contributed by atoms with Crippen LogP contribution >= 0.6 is 19.0 Å². The predicted octanol–water partition coefficient (Wildman–Crippen LogP) is 1.80. The molecule has 9 nitrogen and oxygen atoms in total. The van der Waals surface area contributed by atoms with Gasteiger partial charge in [-0.1, -0.05) is 12.2 Å². The van der Waals surface area contributed by atoms with Gasteiger partial charge >= 0.3 is 6.80 Å². The molecular formula is C12H14N5O4PS. The van der Waals surface area contributed by atoms with Crippen LogP contribution in [0.3, 0.4) is 0 Å². The van der Waals surface area contributed by atoms with E-state index in [1.807, 2.05) is 10.8 Å². The smallest absolute Gasteiger partial charge is 0.352 e. The summed E-state index contributed by atoms with van der Waals surface area (Å²) in [7, 11) is 0. The zero-order valence-electron chi connectivity index (χ0n) is 11.9. The molecule has 3 aromatic heterocycles. The molecule has 23 heavy (non-hydrogen) atoms. The van der Waals surface area contributed by atoms with Crippen LogP contribution in [0, 0.1) is 0 Å². The van der Waals surface area contributed by atoms with Crippen molar-refractivity contribution >= 4 is 35.9 Å². The van der Waals surface area contributed by atoms with E-state index in [4.69, 9.17) is 14.2 Å². The number of fused-ring (bicyclic) bond motifs is 3. The van der Waals surface area contributed by atoms with Crippen LogP contribution in [0.15, 0.2) is 25.0 Å². The standard InChI is InChI=1S/C12H14N5O4PS/c18-22(19,23)20-5-8-1-2-9(21-8)17-7-14-10-11-13-3-4-16(11)6-15-12(10)17/h3-4,6-9H,1-2,5H2,(H2,18,19,23)/t8-,9+/m0/s1. The first-order valence-corrected chi connectivity index (χ1v) is 9.74. The minimum atomic E-state index is -3.79. The molecule has 0 aromatic carbocycles. The lowest BCUT2D eigenvalue weighted by atomic mass is 10.2. The summed E-state index contributed by atoms with van der Waals surface area (Å²) in [5.41, 5.74) is 2.14. The molecule has 0 radical (unpaired) electrons. The van der Waals surface area contributed by atoms with Crippen molar-refractivity contribution in [2.75, 3.05) is 6.61 Å². The summed E-state index contributed by atoms with van der Waals surface area (Å²) in [5.74, 6) is 0. The molecule has 1 aliphatic heterocycles. The van der Waals surface area contributed by atoms with E-state index in [1.54, 1.807) is 23.3 Å². The highest BCUT2D eigenvalue weighted by molar-refractivity contribution is 8.44. The maximum Gasteiger partial charge on any atom is 0.383 e. The topological polar surface area (TPSA) is 104 Å². The second-order valence-corrected chi connectivity index (χ2v) is 8.06. The molecular weight excluding hydrogens is 341 g/mol. The van der Waals surface area contributed by atoms with E-state index in [2.05, 4.69) is 27.2 Å². The number of thiol groups is 1. The molecule has 4 heterocycles. The number of aromatic nitrogens is 5. The normalized spacial score (nSPS) is 24.4. The third-order valence-electron chi connectivity index (χ3n) is 3.78. The van der Waals surface area contributed by atoms with Gasteiger partial charge in [-0.05, 0) is 12.8 Å². The molecule has 0 bridgehead atoms. The Kier molecular flexibility index (Phi) is 3.66. The molecule has 3 aromatic rings. The molecule has 0 aliphatic carbocycles. The Hall–Kier alpha value is -1.45. The van der Waals surface area contributed by atoms with Gasteiger partial charge in [-0.25, -0.2) is 19.5 Å². The van der Waals surface area contributed by atoms with Crippen LogP contribution in [0.4, 0.5) is 0 Å². The predicted molar refractivity (Wildman–Crippen MR) is 84.2 cm³/mol. The molecule has 11 heteroatoms. The fraction of sp³-hybridized carbons (Fsp3) is 0.417. The van der Waals surface area contributed by atoms with Crippen LogP contribution in [0.2, 0.25) is 0 Å². The molecule has 1 fully saturated rings. The van der Waals surface area contributed by atoms with E-state index in [9.17, 15) is 4.57 Å². The van der Waals surface area contributed by atoms with E-state index in [1.165, 1.54) is 0 Å². The van der Waals surface area contributed by atoms with Crippen LogP contribution in [0.5, 0.6) is 0 Å². The quantitative estimate of drug-likeness (QED) is 0.543. The average molecular weight is 355 g/mol. The highest BCUT2D eigenvalue weighted by atomic mass is 32.7. The molecule has 1 saturated heterocycles. The molecule has 1 N–H and O–H groups in total. The lowest BCUT2D eigenvalue weighted by molar-refractivity contribution is -0.0166. The summed E-state index contributed by atoms with van der Waals surface area (Å²) in [6.07, 6.45) is 7.81. The van der Waals surface area contributed by atoms with Crippen molar-refractivity contribution < 1.29 is 18.7 Å². The van der Waals surface area contributed by atoms with Crippen molar-refractivity contribution in [3.05, 3.63) is 25.0 Å². The first-order valence-electron chi connectivity index (χ1n) is 7.01. The Labute approximate surface area is 136 Å². The van der Waals surface area contributed by atoms with Gasteiger partial charge in [0.15, 0.2) is 16.8 Å². The van der Waals surface area contributed by atoms with E-state index >= 15 is 0 Å². The SMILES string of the molecule is O=P(O)(S)OC[C@@H]1CC[C@H](n2cnc3c2ncn2ccnc32)O1. The Morgan fingerprint density at radius 3 is 3.04 bits per heavy atom. The molecule has 122 valence electrons. The fourth-order valence-electron chi connectivity index (χ4n) is 2.75. The number of imidazole rings is 2. The van der Waals surface area contributed by atoms with Crippen LogP contribution < -0.4 is 0 Å². The van der Waals surface area contributed by atoms with Gasteiger partial charge in [-0.2, -0.15) is 0 Å². The molecule has 1 unspecified atom stereocenters. The molecule has 0 amide bonds. The molecule has 0 saturated carbocycles. The highest BCUT2D eigenvalue weighted by Crippen LogP contribution is 2.47. The highest BCUT2D eigenvalue weighted by Gasteiger charge is 2.30. The first-order chi connectivity index (χ1) is 11.0. The second kappa shape index (κ2) is 5.57. The number of hydrogen-bond acceptors (Lipinski definition) is 6. The summed E-state index contributed by atoms with van der Waals surface area (Å²) in [4.78, 5) is 22.1. The Balaban J connectivity index is 1.57. The lowest BCUT2D eigenvalue weighted by Crippen LogP contribution is -2.15. The lowest BCUT2D eigenvalue weighted by Gasteiger charge is -2.15. The van der Waals surface area contributed by atoms with Gasteiger partial charge in [-0.15, -0.1) is 0 Å². The third-order valence-corrected chi connectivity index (χ3v) is 4.61. The molecule has 4 rings (SSSR count). The van der Waals surface area contributed by atoms with Gasteiger partial charge in [0.2, 0.25) is 0 Å². The van der Waals surface area contributed by atoms with E-state index in [-0.39, 0.29) is 18.9 Å². The van der Waals surface area contributed by atoms with E-state index in [0.717, 1.165) is 12.1 Å².